The first-order valence-corrected chi connectivity index (χ1v) is 8.20. The van der Waals surface area contributed by atoms with Crippen molar-refractivity contribution in [2.75, 3.05) is 5.84 Å². The van der Waals surface area contributed by atoms with E-state index < -0.39 is 0 Å². The Morgan fingerprint density at radius 1 is 0.818 bits per heavy atom. The summed E-state index contributed by atoms with van der Waals surface area (Å²) in [6.45, 7) is 0. The molecule has 1 aliphatic heterocycles. The third-order valence-electron chi connectivity index (χ3n) is 4.50. The molecule has 0 unspecified atom stereocenters. The first-order chi connectivity index (χ1) is 10.8. The van der Waals surface area contributed by atoms with Crippen LogP contribution in [0.3, 0.4) is 0 Å². The van der Waals surface area contributed by atoms with Crippen molar-refractivity contribution in [3.63, 3.8) is 0 Å². The maximum Gasteiger partial charge on any atom is 0.0707 e. The van der Waals surface area contributed by atoms with Gasteiger partial charge in [0.25, 0.3) is 0 Å². The van der Waals surface area contributed by atoms with E-state index in [0.29, 0.717) is 0 Å². The summed E-state index contributed by atoms with van der Waals surface area (Å²) in [6.07, 6.45) is 0.976. The zero-order valence-electron chi connectivity index (χ0n) is 11.9. The molecule has 2 heterocycles. The number of fused-ring (bicyclic) bond motifs is 6. The van der Waals surface area contributed by atoms with Gasteiger partial charge in [0.15, 0.2) is 0 Å². The van der Waals surface area contributed by atoms with Gasteiger partial charge in [0, 0.05) is 27.0 Å². The highest BCUT2D eigenvalue weighted by molar-refractivity contribution is 7.99. The average molecular weight is 302 g/mol. The Morgan fingerprint density at radius 2 is 1.64 bits per heavy atom. The van der Waals surface area contributed by atoms with Crippen LogP contribution in [0.4, 0.5) is 0 Å². The number of benzene rings is 3. The van der Waals surface area contributed by atoms with Gasteiger partial charge >= 0.3 is 0 Å². The molecule has 5 rings (SSSR count). The Kier molecular flexibility index (Phi) is 2.38. The number of hydrogen-bond acceptors (Lipinski definition) is 2. The summed E-state index contributed by atoms with van der Waals surface area (Å²) in [7, 11) is 0. The van der Waals surface area contributed by atoms with Gasteiger partial charge in [-0.1, -0.05) is 48.2 Å². The summed E-state index contributed by atoms with van der Waals surface area (Å²) in [5.74, 6) is 6.31. The number of para-hydroxylation sites is 1. The van der Waals surface area contributed by atoms with Crippen molar-refractivity contribution in [3.8, 4) is 0 Å². The second kappa shape index (κ2) is 4.31. The van der Waals surface area contributed by atoms with Gasteiger partial charge in [-0.05, 0) is 35.4 Å². The minimum absolute atomic E-state index is 0.976. The van der Waals surface area contributed by atoms with Gasteiger partial charge in [0.1, 0.15) is 0 Å². The lowest BCUT2D eigenvalue weighted by molar-refractivity contribution is 1.06. The van der Waals surface area contributed by atoms with Gasteiger partial charge in [0.05, 0.1) is 11.0 Å². The molecule has 0 saturated carbocycles. The molecule has 0 spiro atoms. The average Bonchev–Trinajstić information content (AvgIpc) is 2.87. The number of rotatable bonds is 0. The van der Waals surface area contributed by atoms with Crippen molar-refractivity contribution >= 4 is 33.6 Å². The van der Waals surface area contributed by atoms with E-state index in [1.807, 2.05) is 22.5 Å². The van der Waals surface area contributed by atoms with Crippen LogP contribution in [0.25, 0.3) is 21.8 Å². The molecule has 2 nitrogen and oxygen atoms in total. The number of hydrogen-bond donors (Lipinski definition) is 1. The van der Waals surface area contributed by atoms with E-state index in [-0.39, 0.29) is 0 Å². The number of nitrogens with zero attached hydrogens (tertiary/aromatic N) is 1. The molecule has 0 aliphatic carbocycles. The van der Waals surface area contributed by atoms with Crippen molar-refractivity contribution in [1.29, 1.82) is 0 Å². The van der Waals surface area contributed by atoms with E-state index >= 15 is 0 Å². The van der Waals surface area contributed by atoms with Gasteiger partial charge < -0.3 is 5.84 Å². The molecule has 0 saturated heterocycles. The highest BCUT2D eigenvalue weighted by Gasteiger charge is 2.21. The van der Waals surface area contributed by atoms with Crippen molar-refractivity contribution < 1.29 is 0 Å². The van der Waals surface area contributed by atoms with Crippen LogP contribution < -0.4 is 5.84 Å². The van der Waals surface area contributed by atoms with Crippen molar-refractivity contribution in [2.24, 2.45) is 0 Å². The highest BCUT2D eigenvalue weighted by Crippen LogP contribution is 2.44. The van der Waals surface area contributed by atoms with Gasteiger partial charge in [-0.3, -0.25) is 4.68 Å². The minimum Gasteiger partial charge on any atom is -0.339 e. The Hall–Kier alpha value is -2.39. The van der Waals surface area contributed by atoms with Gasteiger partial charge in [-0.15, -0.1) is 0 Å². The Morgan fingerprint density at radius 3 is 2.59 bits per heavy atom. The molecule has 0 bridgehead atoms. The van der Waals surface area contributed by atoms with E-state index in [1.54, 1.807) is 0 Å². The summed E-state index contributed by atoms with van der Waals surface area (Å²) in [5, 5.41) is 2.55. The molecule has 3 aromatic carbocycles. The Labute approximate surface area is 132 Å². The zero-order chi connectivity index (χ0) is 14.7. The lowest BCUT2D eigenvalue weighted by atomic mass is 9.99. The zero-order valence-corrected chi connectivity index (χ0v) is 12.7. The van der Waals surface area contributed by atoms with E-state index in [1.165, 1.54) is 31.7 Å². The second-order valence-electron chi connectivity index (χ2n) is 5.71. The topological polar surface area (TPSA) is 30.9 Å². The molecule has 4 aromatic rings. The summed E-state index contributed by atoms with van der Waals surface area (Å²) < 4.78 is 1.82. The quantitative estimate of drug-likeness (QED) is 0.425. The maximum atomic E-state index is 6.31. The molecule has 2 N–H and O–H groups in total. The lowest BCUT2D eigenvalue weighted by Crippen LogP contribution is -2.07. The van der Waals surface area contributed by atoms with E-state index in [9.17, 15) is 0 Å². The van der Waals surface area contributed by atoms with Crippen LogP contribution in [0.5, 0.6) is 0 Å². The first kappa shape index (κ1) is 12.2. The molecule has 0 fully saturated rings. The van der Waals surface area contributed by atoms with E-state index in [0.717, 1.165) is 17.5 Å². The molecule has 106 valence electrons. The summed E-state index contributed by atoms with van der Waals surface area (Å²) in [5.41, 5.74) is 5.01. The second-order valence-corrected chi connectivity index (χ2v) is 6.79. The standard InChI is InChI=1S/C19H14N2S/c20-21-15-7-3-2-6-13(15)19-14-11-12-5-1-4-8-17(12)22-18(14)10-9-16(19)21/h1-10H,11,20H2. The summed E-state index contributed by atoms with van der Waals surface area (Å²) in [4.78, 5) is 2.72. The van der Waals surface area contributed by atoms with Crippen LogP contribution in [0, 0.1) is 0 Å². The third kappa shape index (κ3) is 1.52. The largest absolute Gasteiger partial charge is 0.339 e. The van der Waals surface area contributed by atoms with Crippen LogP contribution in [-0.4, -0.2) is 4.68 Å². The first-order valence-electron chi connectivity index (χ1n) is 7.39. The van der Waals surface area contributed by atoms with Crippen molar-refractivity contribution in [2.45, 2.75) is 16.2 Å². The third-order valence-corrected chi connectivity index (χ3v) is 5.72. The fraction of sp³-hybridized carbons (Fsp3) is 0.0526. The number of aromatic nitrogens is 1. The highest BCUT2D eigenvalue weighted by atomic mass is 32.2. The van der Waals surface area contributed by atoms with Gasteiger partial charge in [-0.2, -0.15) is 0 Å². The van der Waals surface area contributed by atoms with Crippen LogP contribution in [0.1, 0.15) is 11.1 Å². The van der Waals surface area contributed by atoms with Crippen LogP contribution in [0.15, 0.2) is 70.5 Å². The number of nitrogens with two attached hydrogens (primary N) is 1. The molecular formula is C19H14N2S. The number of nitrogen functional groups attached to an aromatic ring is 1. The minimum atomic E-state index is 0.976. The van der Waals surface area contributed by atoms with Crippen molar-refractivity contribution in [1.82, 2.24) is 4.68 Å². The van der Waals surface area contributed by atoms with Crippen LogP contribution >= 0.6 is 11.8 Å². The SMILES string of the molecule is Nn1c2ccccc2c2c3c(ccc21)Sc1ccccc1C3. The predicted molar refractivity (Wildman–Crippen MR) is 93.0 cm³/mol. The molecule has 0 radical (unpaired) electrons. The molecule has 1 aliphatic rings. The predicted octanol–water partition coefficient (Wildman–Crippen LogP) is 4.56. The lowest BCUT2D eigenvalue weighted by Gasteiger charge is -2.19. The molecule has 0 atom stereocenters. The van der Waals surface area contributed by atoms with Crippen LogP contribution in [-0.2, 0) is 6.42 Å². The molecule has 3 heteroatoms. The maximum absolute atomic E-state index is 6.31. The fourth-order valence-corrected chi connectivity index (χ4v) is 4.56. The summed E-state index contributed by atoms with van der Waals surface area (Å²) >= 11 is 1.87. The smallest absolute Gasteiger partial charge is 0.0707 e. The monoisotopic (exact) mass is 302 g/mol. The van der Waals surface area contributed by atoms with Crippen molar-refractivity contribution in [3.05, 3.63) is 71.8 Å². The molecular weight excluding hydrogens is 288 g/mol. The Balaban J connectivity index is 1.89. The molecule has 1 aromatic heterocycles. The molecule has 22 heavy (non-hydrogen) atoms. The van der Waals surface area contributed by atoms with E-state index in [4.69, 9.17) is 5.84 Å². The van der Waals surface area contributed by atoms with E-state index in [2.05, 4.69) is 54.6 Å². The van der Waals surface area contributed by atoms with Gasteiger partial charge in [0.2, 0.25) is 0 Å². The fourth-order valence-electron chi connectivity index (χ4n) is 3.47. The van der Waals surface area contributed by atoms with Crippen LogP contribution in [0.2, 0.25) is 0 Å². The normalized spacial score (nSPS) is 13.3. The summed E-state index contributed by atoms with van der Waals surface area (Å²) in [6, 6.07) is 21.4. The Bertz CT molecular complexity index is 1050. The van der Waals surface area contributed by atoms with Gasteiger partial charge in [-0.25, -0.2) is 0 Å². The molecule has 0 amide bonds.